The van der Waals surface area contributed by atoms with Gasteiger partial charge in [-0.2, -0.15) is 0 Å². The molecule has 94 valence electrons. The maximum Gasteiger partial charge on any atom is 0.244 e. The van der Waals surface area contributed by atoms with Crippen molar-refractivity contribution in [2.45, 2.75) is 10.9 Å². The van der Waals surface area contributed by atoms with Crippen molar-refractivity contribution >= 4 is 34.3 Å². The van der Waals surface area contributed by atoms with E-state index in [1.807, 2.05) is 32.3 Å². The van der Waals surface area contributed by atoms with E-state index < -0.39 is 0 Å². The normalized spacial score (nSPS) is 20.0. The molecule has 5 heteroatoms. The fraction of sp³-hybridized carbons (Fsp3) is 0.308. The molecule has 1 atom stereocenters. The van der Waals surface area contributed by atoms with Crippen molar-refractivity contribution in [3.8, 4) is 0 Å². The quantitative estimate of drug-likeness (QED) is 0.854. The average Bonchev–Trinajstić information content (AvgIpc) is 2.80. The third-order valence-corrected chi connectivity index (χ3v) is 4.42. The minimum absolute atomic E-state index is 0.103. The van der Waals surface area contributed by atoms with Gasteiger partial charge in [-0.25, -0.2) is 0 Å². The molecule has 0 aliphatic carbocycles. The van der Waals surface area contributed by atoms with E-state index in [0.29, 0.717) is 0 Å². The number of nitrogens with one attached hydrogen (secondary N) is 1. The Morgan fingerprint density at radius 1 is 1.50 bits per heavy atom. The van der Waals surface area contributed by atoms with Crippen LogP contribution in [0.5, 0.6) is 0 Å². The predicted octanol–water partition coefficient (Wildman–Crippen LogP) is 2.09. The lowest BCUT2D eigenvalue weighted by Gasteiger charge is -2.20. The van der Waals surface area contributed by atoms with Gasteiger partial charge in [0.05, 0.1) is 18.0 Å². The molecule has 2 aromatic rings. The van der Waals surface area contributed by atoms with Crippen LogP contribution in [-0.2, 0) is 4.79 Å². The third kappa shape index (κ3) is 1.71. The number of fused-ring (bicyclic) bond motifs is 2. The molecule has 0 spiro atoms. The van der Waals surface area contributed by atoms with Crippen LogP contribution in [0.1, 0.15) is 0 Å². The average molecular weight is 262 g/mol. The lowest BCUT2D eigenvalue weighted by atomic mass is 10.2. The number of carbonyl (C=O) groups is 1. The first-order valence-electron chi connectivity index (χ1n) is 5.79. The second kappa shape index (κ2) is 4.33. The molecule has 2 heterocycles. The van der Waals surface area contributed by atoms with Gasteiger partial charge in [0.15, 0.2) is 0 Å². The molecule has 1 aromatic carbocycles. The van der Waals surface area contributed by atoms with Gasteiger partial charge in [0.2, 0.25) is 5.91 Å². The first-order valence-corrected chi connectivity index (χ1v) is 6.78. The number of anilines is 1. The summed E-state index contributed by atoms with van der Waals surface area (Å²) in [5.74, 6) is 0.838. The summed E-state index contributed by atoms with van der Waals surface area (Å²) in [7, 11) is 3.64. The number of hydrogen-bond acceptors (Lipinski definition) is 4. The molecule has 1 aliphatic rings. The van der Waals surface area contributed by atoms with Crippen LogP contribution in [-0.4, -0.2) is 31.8 Å². The zero-order valence-electron chi connectivity index (χ0n) is 10.3. The molecule has 18 heavy (non-hydrogen) atoms. The highest BCUT2D eigenvalue weighted by Gasteiger charge is 2.27. The Morgan fingerprint density at radius 3 is 3.11 bits per heavy atom. The molecule has 1 N–H and O–H groups in total. The van der Waals surface area contributed by atoms with Gasteiger partial charge in [0, 0.05) is 23.1 Å². The summed E-state index contributed by atoms with van der Waals surface area (Å²) >= 11 is 1.68. The molecule has 0 saturated heterocycles. The molecule has 4 nitrogen and oxygen atoms in total. The van der Waals surface area contributed by atoms with E-state index in [1.54, 1.807) is 22.9 Å². The maximum absolute atomic E-state index is 12.2. The van der Waals surface area contributed by atoms with Crippen molar-refractivity contribution in [2.75, 3.05) is 24.7 Å². The zero-order valence-corrected chi connectivity index (χ0v) is 11.1. The fourth-order valence-electron chi connectivity index (χ4n) is 2.16. The van der Waals surface area contributed by atoms with E-state index in [1.165, 1.54) is 0 Å². The number of likely N-dealkylation sites (N-methyl/N-ethyl adjacent to an activating group) is 2. The van der Waals surface area contributed by atoms with Gasteiger partial charge in [-0.1, -0.05) is 0 Å². The summed E-state index contributed by atoms with van der Waals surface area (Å²) in [5, 5.41) is 4.08. The van der Waals surface area contributed by atoms with Gasteiger partial charge in [0.25, 0.3) is 0 Å². The Kier molecular flexibility index (Phi) is 2.80. The number of hydrogen-bond donors (Lipinski definition) is 1. The number of thioether (sulfide) groups is 1. The Labute approximate surface area is 109 Å². The van der Waals surface area contributed by atoms with E-state index in [9.17, 15) is 4.79 Å². The summed E-state index contributed by atoms with van der Waals surface area (Å²) in [4.78, 5) is 15.1. The summed E-state index contributed by atoms with van der Waals surface area (Å²) in [6.45, 7) is 0. The van der Waals surface area contributed by atoms with Crippen LogP contribution >= 0.6 is 11.8 Å². The minimum atomic E-state index is -0.140. The van der Waals surface area contributed by atoms with E-state index in [2.05, 4.69) is 5.32 Å². The number of rotatable bonds is 1. The van der Waals surface area contributed by atoms with Gasteiger partial charge in [0.1, 0.15) is 5.58 Å². The van der Waals surface area contributed by atoms with Crippen molar-refractivity contribution in [3.05, 3.63) is 24.5 Å². The van der Waals surface area contributed by atoms with Crippen molar-refractivity contribution in [2.24, 2.45) is 0 Å². The topological polar surface area (TPSA) is 45.5 Å². The van der Waals surface area contributed by atoms with Crippen LogP contribution in [0.15, 0.2) is 33.8 Å². The van der Waals surface area contributed by atoms with Crippen LogP contribution in [0, 0.1) is 0 Å². The standard InChI is InChI=1S/C13H14N2O2S/c1-14-9-7-18-12-6-11-8(3-4-17-11)5-10(12)15(2)13(9)16/h3-6,9,14H,7H2,1-2H3/t9-/m0/s1. The third-order valence-electron chi connectivity index (χ3n) is 3.28. The molecule has 0 fully saturated rings. The molecular weight excluding hydrogens is 248 g/mol. The summed E-state index contributed by atoms with van der Waals surface area (Å²) in [6, 6.07) is 5.80. The van der Waals surface area contributed by atoms with Gasteiger partial charge in [-0.15, -0.1) is 11.8 Å². The molecule has 0 unspecified atom stereocenters. The maximum atomic E-state index is 12.2. The van der Waals surface area contributed by atoms with E-state index in [0.717, 1.165) is 27.3 Å². The molecule has 1 aliphatic heterocycles. The fourth-order valence-corrected chi connectivity index (χ4v) is 3.35. The Bertz CT molecular complexity index is 608. The molecule has 3 rings (SSSR count). The molecular formula is C13H14N2O2S. The number of furan rings is 1. The zero-order chi connectivity index (χ0) is 12.7. The molecule has 0 radical (unpaired) electrons. The summed E-state index contributed by atoms with van der Waals surface area (Å²) in [5.41, 5.74) is 1.82. The highest BCUT2D eigenvalue weighted by Crippen LogP contribution is 2.37. The second-order valence-corrected chi connectivity index (χ2v) is 5.39. The van der Waals surface area contributed by atoms with Crippen molar-refractivity contribution in [1.82, 2.24) is 5.32 Å². The second-order valence-electron chi connectivity index (χ2n) is 4.33. The van der Waals surface area contributed by atoms with Crippen molar-refractivity contribution < 1.29 is 9.21 Å². The van der Waals surface area contributed by atoms with Crippen LogP contribution in [0.3, 0.4) is 0 Å². The van der Waals surface area contributed by atoms with Gasteiger partial charge in [-0.05, 0) is 25.2 Å². The monoisotopic (exact) mass is 262 g/mol. The SMILES string of the molecule is CN[C@H]1CSc2cc3occc3cc2N(C)C1=O. The molecule has 0 saturated carbocycles. The van der Waals surface area contributed by atoms with E-state index in [-0.39, 0.29) is 11.9 Å². The summed E-state index contributed by atoms with van der Waals surface area (Å²) in [6.07, 6.45) is 1.67. The largest absolute Gasteiger partial charge is 0.464 e. The number of benzene rings is 1. The lowest BCUT2D eigenvalue weighted by Crippen LogP contribution is -2.44. The Morgan fingerprint density at radius 2 is 2.33 bits per heavy atom. The van der Waals surface area contributed by atoms with Crippen molar-refractivity contribution in [1.29, 1.82) is 0 Å². The van der Waals surface area contributed by atoms with Crippen LogP contribution in [0.4, 0.5) is 5.69 Å². The van der Waals surface area contributed by atoms with Gasteiger partial charge in [-0.3, -0.25) is 4.79 Å². The highest BCUT2D eigenvalue weighted by atomic mass is 32.2. The Hall–Kier alpha value is -1.46. The van der Waals surface area contributed by atoms with Crippen LogP contribution < -0.4 is 10.2 Å². The number of nitrogens with zero attached hydrogens (tertiary/aromatic N) is 1. The van der Waals surface area contributed by atoms with E-state index >= 15 is 0 Å². The van der Waals surface area contributed by atoms with E-state index in [4.69, 9.17) is 4.42 Å². The smallest absolute Gasteiger partial charge is 0.244 e. The first-order chi connectivity index (χ1) is 8.70. The molecule has 1 amide bonds. The predicted molar refractivity (Wildman–Crippen MR) is 73.2 cm³/mol. The van der Waals surface area contributed by atoms with Gasteiger partial charge >= 0.3 is 0 Å². The lowest BCUT2D eigenvalue weighted by molar-refractivity contribution is -0.119. The number of amides is 1. The first kappa shape index (κ1) is 11.6. The Balaban J connectivity index is 2.13. The minimum Gasteiger partial charge on any atom is -0.464 e. The molecule has 1 aromatic heterocycles. The van der Waals surface area contributed by atoms with Crippen LogP contribution in [0.2, 0.25) is 0 Å². The number of carbonyl (C=O) groups excluding carboxylic acids is 1. The van der Waals surface area contributed by atoms with Crippen molar-refractivity contribution in [3.63, 3.8) is 0 Å². The molecule has 0 bridgehead atoms. The van der Waals surface area contributed by atoms with Crippen LogP contribution in [0.25, 0.3) is 11.0 Å². The summed E-state index contributed by atoms with van der Waals surface area (Å²) < 4.78 is 5.41. The van der Waals surface area contributed by atoms with Gasteiger partial charge < -0.3 is 14.6 Å². The highest BCUT2D eigenvalue weighted by molar-refractivity contribution is 7.99.